The number of imidazole rings is 1. The van der Waals surface area contributed by atoms with Gasteiger partial charge < -0.3 is 14.5 Å². The molecule has 0 atom stereocenters. The van der Waals surface area contributed by atoms with Crippen molar-refractivity contribution in [1.82, 2.24) is 9.38 Å². The second-order valence-electron chi connectivity index (χ2n) is 7.61. The van der Waals surface area contributed by atoms with Crippen LogP contribution >= 0.6 is 0 Å². The number of hydrogen-bond donors (Lipinski definition) is 1. The van der Waals surface area contributed by atoms with Gasteiger partial charge in [-0.05, 0) is 61.2 Å². The molecule has 0 bridgehead atoms. The molecule has 0 aliphatic carbocycles. The zero-order chi connectivity index (χ0) is 21.3. The normalized spacial score (nSPS) is 10.9. The van der Waals surface area contributed by atoms with Gasteiger partial charge in [-0.3, -0.25) is 4.79 Å². The van der Waals surface area contributed by atoms with E-state index in [1.165, 1.54) is 0 Å². The molecule has 0 spiro atoms. The Balaban J connectivity index is 1.56. The summed E-state index contributed by atoms with van der Waals surface area (Å²) in [6.45, 7) is 6.02. The Morgan fingerprint density at radius 2 is 1.87 bits per heavy atom. The first kappa shape index (κ1) is 19.7. The standard InChI is InChI=1S/C25H25N3O2/c1-16-7-9-20(22-15-28-11-5-6-17(2)25(28)27-22)14-21(16)26-24(29)13-19-8-10-23(30-4)18(3)12-19/h5-12,14-15H,13H2,1-4H3,(H,26,29). The van der Waals surface area contributed by atoms with E-state index in [0.717, 1.165) is 50.6 Å². The molecule has 2 aromatic heterocycles. The Bertz CT molecular complexity index is 1240. The maximum atomic E-state index is 12.7. The number of nitrogens with zero attached hydrogens (tertiary/aromatic N) is 2. The molecule has 152 valence electrons. The van der Waals surface area contributed by atoms with Crippen molar-refractivity contribution < 1.29 is 9.53 Å². The van der Waals surface area contributed by atoms with E-state index in [1.807, 2.05) is 86.1 Å². The van der Waals surface area contributed by atoms with Crippen molar-refractivity contribution in [3.8, 4) is 17.0 Å². The average molecular weight is 399 g/mol. The van der Waals surface area contributed by atoms with Crippen LogP contribution in [-0.2, 0) is 11.2 Å². The van der Waals surface area contributed by atoms with Crippen molar-refractivity contribution in [2.75, 3.05) is 12.4 Å². The van der Waals surface area contributed by atoms with Gasteiger partial charge in [-0.2, -0.15) is 0 Å². The van der Waals surface area contributed by atoms with Gasteiger partial charge in [-0.1, -0.05) is 30.3 Å². The van der Waals surface area contributed by atoms with Crippen molar-refractivity contribution in [1.29, 1.82) is 0 Å². The van der Waals surface area contributed by atoms with Gasteiger partial charge in [0.25, 0.3) is 0 Å². The van der Waals surface area contributed by atoms with Crippen LogP contribution in [0.4, 0.5) is 5.69 Å². The van der Waals surface area contributed by atoms with Crippen LogP contribution in [-0.4, -0.2) is 22.4 Å². The third-order valence-corrected chi connectivity index (χ3v) is 5.31. The van der Waals surface area contributed by atoms with Gasteiger partial charge in [0, 0.05) is 23.6 Å². The van der Waals surface area contributed by atoms with Crippen LogP contribution in [0.3, 0.4) is 0 Å². The molecule has 0 fully saturated rings. The molecule has 0 aliphatic heterocycles. The number of benzene rings is 2. The lowest BCUT2D eigenvalue weighted by molar-refractivity contribution is -0.115. The summed E-state index contributed by atoms with van der Waals surface area (Å²) in [6, 6.07) is 15.9. The largest absolute Gasteiger partial charge is 0.496 e. The third-order valence-electron chi connectivity index (χ3n) is 5.31. The number of hydrogen-bond acceptors (Lipinski definition) is 3. The van der Waals surface area contributed by atoms with Gasteiger partial charge in [-0.15, -0.1) is 0 Å². The van der Waals surface area contributed by atoms with Crippen molar-refractivity contribution in [3.63, 3.8) is 0 Å². The molecule has 5 heteroatoms. The van der Waals surface area contributed by atoms with Crippen LogP contribution in [0.1, 0.15) is 22.3 Å². The molecule has 4 aromatic rings. The zero-order valence-electron chi connectivity index (χ0n) is 17.7. The van der Waals surface area contributed by atoms with Crippen molar-refractivity contribution in [2.45, 2.75) is 27.2 Å². The molecule has 4 rings (SSSR count). The minimum atomic E-state index is -0.0503. The van der Waals surface area contributed by atoms with Gasteiger partial charge in [0.15, 0.2) is 0 Å². The number of ether oxygens (including phenoxy) is 1. The Hall–Kier alpha value is -3.60. The highest BCUT2D eigenvalue weighted by molar-refractivity contribution is 5.93. The minimum Gasteiger partial charge on any atom is -0.496 e. The van der Waals surface area contributed by atoms with Crippen LogP contribution in [0, 0.1) is 20.8 Å². The van der Waals surface area contributed by atoms with E-state index in [0.29, 0.717) is 6.42 Å². The number of carbonyl (C=O) groups is 1. The molecule has 30 heavy (non-hydrogen) atoms. The lowest BCUT2D eigenvalue weighted by Gasteiger charge is -2.11. The second-order valence-corrected chi connectivity index (χ2v) is 7.61. The molecular weight excluding hydrogens is 374 g/mol. The first-order valence-electron chi connectivity index (χ1n) is 9.93. The van der Waals surface area contributed by atoms with E-state index in [-0.39, 0.29) is 5.91 Å². The monoisotopic (exact) mass is 399 g/mol. The SMILES string of the molecule is COc1ccc(CC(=O)Nc2cc(-c3cn4cccc(C)c4n3)ccc2C)cc1C. The molecule has 0 radical (unpaired) electrons. The van der Waals surface area contributed by atoms with E-state index >= 15 is 0 Å². The molecule has 0 aliphatic rings. The molecular formula is C25H25N3O2. The first-order chi connectivity index (χ1) is 14.4. The first-order valence-corrected chi connectivity index (χ1v) is 9.93. The smallest absolute Gasteiger partial charge is 0.228 e. The minimum absolute atomic E-state index is 0.0503. The highest BCUT2D eigenvalue weighted by Crippen LogP contribution is 2.26. The van der Waals surface area contributed by atoms with E-state index in [2.05, 4.69) is 5.32 Å². The third kappa shape index (κ3) is 3.92. The number of pyridine rings is 1. The van der Waals surface area contributed by atoms with E-state index < -0.39 is 0 Å². The number of aryl methyl sites for hydroxylation is 3. The fourth-order valence-corrected chi connectivity index (χ4v) is 3.64. The molecule has 1 amide bonds. The van der Waals surface area contributed by atoms with Gasteiger partial charge in [0.1, 0.15) is 11.4 Å². The molecule has 2 aromatic carbocycles. The summed E-state index contributed by atoms with van der Waals surface area (Å²) in [7, 11) is 1.65. The highest BCUT2D eigenvalue weighted by Gasteiger charge is 2.11. The van der Waals surface area contributed by atoms with Crippen LogP contribution in [0.2, 0.25) is 0 Å². The van der Waals surface area contributed by atoms with Gasteiger partial charge in [0.05, 0.1) is 19.2 Å². The summed E-state index contributed by atoms with van der Waals surface area (Å²) in [4.78, 5) is 17.4. The number of amides is 1. The number of fused-ring (bicyclic) bond motifs is 1. The summed E-state index contributed by atoms with van der Waals surface area (Å²) in [6.07, 6.45) is 4.31. The highest BCUT2D eigenvalue weighted by atomic mass is 16.5. The molecule has 0 saturated carbocycles. The summed E-state index contributed by atoms with van der Waals surface area (Å²) in [5.74, 6) is 0.774. The lowest BCUT2D eigenvalue weighted by atomic mass is 10.1. The molecule has 5 nitrogen and oxygen atoms in total. The van der Waals surface area contributed by atoms with Crippen LogP contribution in [0.15, 0.2) is 60.9 Å². The molecule has 1 N–H and O–H groups in total. The Labute approximate surface area is 176 Å². The van der Waals surface area contributed by atoms with E-state index in [1.54, 1.807) is 7.11 Å². The van der Waals surface area contributed by atoms with Crippen molar-refractivity contribution >= 4 is 17.2 Å². The van der Waals surface area contributed by atoms with Crippen molar-refractivity contribution in [2.24, 2.45) is 0 Å². The van der Waals surface area contributed by atoms with E-state index in [4.69, 9.17) is 9.72 Å². The second kappa shape index (κ2) is 8.03. The number of anilines is 1. The van der Waals surface area contributed by atoms with Gasteiger partial charge in [0.2, 0.25) is 5.91 Å². The lowest BCUT2D eigenvalue weighted by Crippen LogP contribution is -2.15. The Kier molecular flexibility index (Phi) is 5.27. The fraction of sp³-hybridized carbons (Fsp3) is 0.200. The molecule has 2 heterocycles. The predicted octanol–water partition coefficient (Wildman–Crippen LogP) is 5.12. The number of rotatable bonds is 5. The zero-order valence-corrected chi connectivity index (χ0v) is 17.7. The number of methoxy groups -OCH3 is 1. The Morgan fingerprint density at radius 3 is 2.60 bits per heavy atom. The fourth-order valence-electron chi connectivity index (χ4n) is 3.64. The summed E-state index contributed by atoms with van der Waals surface area (Å²) >= 11 is 0. The number of nitrogens with one attached hydrogen (secondary N) is 1. The topological polar surface area (TPSA) is 55.6 Å². The van der Waals surface area contributed by atoms with Crippen molar-refractivity contribution in [3.05, 3.63) is 83.2 Å². The van der Waals surface area contributed by atoms with E-state index in [9.17, 15) is 4.79 Å². The maximum Gasteiger partial charge on any atom is 0.228 e. The molecule has 0 saturated heterocycles. The maximum absolute atomic E-state index is 12.7. The predicted molar refractivity (Wildman–Crippen MR) is 120 cm³/mol. The van der Waals surface area contributed by atoms with Crippen LogP contribution in [0.5, 0.6) is 5.75 Å². The summed E-state index contributed by atoms with van der Waals surface area (Å²) < 4.78 is 7.32. The van der Waals surface area contributed by atoms with Gasteiger partial charge >= 0.3 is 0 Å². The van der Waals surface area contributed by atoms with Crippen LogP contribution < -0.4 is 10.1 Å². The number of aromatic nitrogens is 2. The number of carbonyl (C=O) groups excluding carboxylic acids is 1. The Morgan fingerprint density at radius 1 is 1.03 bits per heavy atom. The quantitative estimate of drug-likeness (QED) is 0.507. The van der Waals surface area contributed by atoms with Crippen LogP contribution in [0.25, 0.3) is 16.9 Å². The summed E-state index contributed by atoms with van der Waals surface area (Å²) in [5.41, 5.74) is 7.70. The van der Waals surface area contributed by atoms with Gasteiger partial charge in [-0.25, -0.2) is 4.98 Å². The molecule has 0 unspecified atom stereocenters. The average Bonchev–Trinajstić information content (AvgIpc) is 3.15. The summed E-state index contributed by atoms with van der Waals surface area (Å²) in [5, 5.41) is 3.06.